The third-order valence-corrected chi connectivity index (χ3v) is 6.18. The summed E-state index contributed by atoms with van der Waals surface area (Å²) in [4.78, 5) is 10.4. The van der Waals surface area contributed by atoms with Gasteiger partial charge in [0.05, 0.1) is 17.7 Å². The molecule has 0 saturated carbocycles. The fourth-order valence-electron chi connectivity index (χ4n) is 3.40. The molecular formula is C24H27N5OS. The molecule has 3 aromatic heterocycles. The Hall–Kier alpha value is -3.19. The third-order valence-electron chi connectivity index (χ3n) is 5.04. The van der Waals surface area contributed by atoms with Gasteiger partial charge in [-0.25, -0.2) is 4.98 Å². The topological polar surface area (TPSA) is 64.9 Å². The van der Waals surface area contributed by atoms with E-state index in [1.807, 2.05) is 42.9 Å². The lowest BCUT2D eigenvalue weighted by Gasteiger charge is -2.04. The quantitative estimate of drug-likeness (QED) is 0.389. The Morgan fingerprint density at radius 2 is 1.87 bits per heavy atom. The van der Waals surface area contributed by atoms with Crippen LogP contribution in [-0.2, 0) is 19.5 Å². The lowest BCUT2D eigenvalue weighted by atomic mass is 10.2. The van der Waals surface area contributed by atoms with Crippen LogP contribution in [0.25, 0.3) is 10.6 Å². The monoisotopic (exact) mass is 433 g/mol. The van der Waals surface area contributed by atoms with Gasteiger partial charge in [-0.15, -0.1) is 0 Å². The second-order valence-electron chi connectivity index (χ2n) is 7.47. The van der Waals surface area contributed by atoms with Crippen molar-refractivity contribution < 1.29 is 4.74 Å². The van der Waals surface area contributed by atoms with E-state index in [1.165, 1.54) is 5.56 Å². The molecule has 7 heteroatoms. The van der Waals surface area contributed by atoms with Crippen LogP contribution in [0, 0.1) is 13.8 Å². The van der Waals surface area contributed by atoms with E-state index in [1.54, 1.807) is 18.4 Å². The smallest absolute Gasteiger partial charge is 0.183 e. The van der Waals surface area contributed by atoms with Crippen molar-refractivity contribution >= 4 is 16.5 Å². The number of aromatic nitrogens is 4. The van der Waals surface area contributed by atoms with Crippen molar-refractivity contribution in [2.75, 3.05) is 12.4 Å². The van der Waals surface area contributed by atoms with Crippen LogP contribution in [0.4, 0.5) is 5.13 Å². The number of nitrogens with one attached hydrogen (secondary N) is 1. The predicted octanol–water partition coefficient (Wildman–Crippen LogP) is 5.27. The van der Waals surface area contributed by atoms with Crippen LogP contribution in [-0.4, -0.2) is 26.9 Å². The first-order chi connectivity index (χ1) is 15.1. The molecule has 6 nitrogen and oxygen atoms in total. The maximum atomic E-state index is 5.21. The standard InChI is InChI=1S/C24H27N5OS/c1-17-6-4-7-20(26-17)8-5-14-29-15-13-22(28-29)23-18(2)27-24(31-23)25-16-19-9-11-21(30-3)12-10-19/h4,6-7,9-13,15H,5,8,14,16H2,1-3H3,(H,25,27). The zero-order chi connectivity index (χ0) is 21.6. The van der Waals surface area contributed by atoms with Crippen molar-refractivity contribution in [2.45, 2.75) is 39.8 Å². The van der Waals surface area contributed by atoms with Crippen LogP contribution in [0.3, 0.4) is 0 Å². The minimum atomic E-state index is 0.720. The minimum absolute atomic E-state index is 0.720. The summed E-state index contributed by atoms with van der Waals surface area (Å²) in [6.45, 7) is 5.65. The van der Waals surface area contributed by atoms with E-state index in [0.29, 0.717) is 0 Å². The van der Waals surface area contributed by atoms with Crippen molar-refractivity contribution in [1.29, 1.82) is 0 Å². The Bertz CT molecular complexity index is 1130. The third kappa shape index (κ3) is 5.49. The number of benzene rings is 1. The zero-order valence-corrected chi connectivity index (χ0v) is 18.9. The summed E-state index contributed by atoms with van der Waals surface area (Å²) in [6, 6.07) is 16.3. The van der Waals surface area contributed by atoms with Crippen LogP contribution in [0.5, 0.6) is 5.75 Å². The van der Waals surface area contributed by atoms with Crippen molar-refractivity contribution in [3.8, 4) is 16.3 Å². The lowest BCUT2D eigenvalue weighted by Crippen LogP contribution is -2.01. The molecule has 1 N–H and O–H groups in total. The molecule has 0 amide bonds. The van der Waals surface area contributed by atoms with Crippen molar-refractivity contribution in [3.63, 3.8) is 0 Å². The van der Waals surface area contributed by atoms with Crippen molar-refractivity contribution in [3.05, 3.63) is 77.4 Å². The number of nitrogens with zero attached hydrogens (tertiary/aromatic N) is 4. The van der Waals surface area contributed by atoms with E-state index >= 15 is 0 Å². The molecule has 1 aromatic carbocycles. The molecule has 0 spiro atoms. The Morgan fingerprint density at radius 1 is 1.03 bits per heavy atom. The van der Waals surface area contributed by atoms with Gasteiger partial charge in [0, 0.05) is 30.7 Å². The molecule has 0 radical (unpaired) electrons. The number of anilines is 1. The molecule has 3 heterocycles. The second kappa shape index (κ2) is 9.75. The number of thiazole rings is 1. The van der Waals surface area contributed by atoms with E-state index in [4.69, 9.17) is 9.84 Å². The van der Waals surface area contributed by atoms with Gasteiger partial charge in [-0.2, -0.15) is 5.10 Å². The first kappa shape index (κ1) is 21.1. The van der Waals surface area contributed by atoms with Gasteiger partial charge >= 0.3 is 0 Å². The summed E-state index contributed by atoms with van der Waals surface area (Å²) < 4.78 is 7.22. The van der Waals surface area contributed by atoms with Gasteiger partial charge in [0.2, 0.25) is 0 Å². The molecule has 31 heavy (non-hydrogen) atoms. The first-order valence-corrected chi connectivity index (χ1v) is 11.2. The van der Waals surface area contributed by atoms with Crippen LogP contribution < -0.4 is 10.1 Å². The fourth-order valence-corrected chi connectivity index (χ4v) is 4.33. The van der Waals surface area contributed by atoms with Crippen molar-refractivity contribution in [2.24, 2.45) is 0 Å². The lowest BCUT2D eigenvalue weighted by molar-refractivity contribution is 0.414. The number of hydrogen-bond donors (Lipinski definition) is 1. The fraction of sp³-hybridized carbons (Fsp3) is 0.292. The molecule has 0 saturated heterocycles. The summed E-state index contributed by atoms with van der Waals surface area (Å²) >= 11 is 1.64. The SMILES string of the molecule is COc1ccc(CNc2nc(C)c(-c3ccn(CCCc4cccc(C)n4)n3)s2)cc1. The molecule has 0 atom stereocenters. The number of pyridine rings is 1. The molecule has 0 fully saturated rings. The van der Waals surface area contributed by atoms with Crippen LogP contribution in [0.15, 0.2) is 54.7 Å². The molecule has 4 rings (SSSR count). The van der Waals surface area contributed by atoms with E-state index in [0.717, 1.165) is 64.5 Å². The van der Waals surface area contributed by atoms with Gasteiger partial charge in [0.15, 0.2) is 5.13 Å². The summed E-state index contributed by atoms with van der Waals surface area (Å²) in [7, 11) is 1.68. The zero-order valence-electron chi connectivity index (χ0n) is 18.1. The van der Waals surface area contributed by atoms with E-state index in [-0.39, 0.29) is 0 Å². The average Bonchev–Trinajstić information content (AvgIpc) is 3.39. The molecule has 0 aliphatic carbocycles. The maximum Gasteiger partial charge on any atom is 0.183 e. The van der Waals surface area contributed by atoms with Gasteiger partial charge < -0.3 is 10.1 Å². The van der Waals surface area contributed by atoms with Crippen LogP contribution in [0.2, 0.25) is 0 Å². The summed E-state index contributed by atoms with van der Waals surface area (Å²) in [5, 5.41) is 9.09. The molecule has 0 aliphatic rings. The normalized spacial score (nSPS) is 10.9. The summed E-state index contributed by atoms with van der Waals surface area (Å²) in [6.07, 6.45) is 4.01. The van der Waals surface area contributed by atoms with Crippen LogP contribution >= 0.6 is 11.3 Å². The predicted molar refractivity (Wildman–Crippen MR) is 126 cm³/mol. The summed E-state index contributed by atoms with van der Waals surface area (Å²) in [5.41, 5.74) is 5.36. The number of ether oxygens (including phenoxy) is 1. The average molecular weight is 434 g/mol. The molecule has 4 aromatic rings. The Morgan fingerprint density at radius 3 is 2.65 bits per heavy atom. The molecule has 160 valence electrons. The van der Waals surface area contributed by atoms with Gasteiger partial charge in [-0.1, -0.05) is 29.5 Å². The highest BCUT2D eigenvalue weighted by Gasteiger charge is 2.12. The molecule has 0 unspecified atom stereocenters. The number of aryl methyl sites for hydroxylation is 4. The Labute approximate surface area is 187 Å². The largest absolute Gasteiger partial charge is 0.497 e. The van der Waals surface area contributed by atoms with Crippen molar-refractivity contribution in [1.82, 2.24) is 19.7 Å². The highest BCUT2D eigenvalue weighted by atomic mass is 32.1. The number of methoxy groups -OCH3 is 1. The summed E-state index contributed by atoms with van der Waals surface area (Å²) in [5.74, 6) is 0.863. The number of rotatable bonds is 9. The number of hydrogen-bond acceptors (Lipinski definition) is 6. The Balaban J connectivity index is 1.34. The van der Waals surface area contributed by atoms with Gasteiger partial charge in [0.25, 0.3) is 0 Å². The van der Waals surface area contributed by atoms with Gasteiger partial charge in [-0.3, -0.25) is 9.67 Å². The highest BCUT2D eigenvalue weighted by molar-refractivity contribution is 7.19. The second-order valence-corrected chi connectivity index (χ2v) is 8.47. The molecule has 0 bridgehead atoms. The van der Waals surface area contributed by atoms with E-state index in [9.17, 15) is 0 Å². The molecule has 0 aliphatic heterocycles. The highest BCUT2D eigenvalue weighted by Crippen LogP contribution is 2.31. The van der Waals surface area contributed by atoms with Gasteiger partial charge in [0.1, 0.15) is 11.4 Å². The van der Waals surface area contributed by atoms with E-state index in [2.05, 4.69) is 45.6 Å². The van der Waals surface area contributed by atoms with Crippen LogP contribution in [0.1, 0.15) is 29.1 Å². The van der Waals surface area contributed by atoms with Gasteiger partial charge in [-0.05, 0) is 62.6 Å². The maximum absolute atomic E-state index is 5.21. The Kier molecular flexibility index (Phi) is 6.62. The van der Waals surface area contributed by atoms with E-state index < -0.39 is 0 Å². The molecular weight excluding hydrogens is 406 g/mol. The minimum Gasteiger partial charge on any atom is -0.497 e. The first-order valence-electron chi connectivity index (χ1n) is 10.4.